The lowest BCUT2D eigenvalue weighted by atomic mass is 10.1. The average molecular weight is 215 g/mol. The predicted molar refractivity (Wildman–Crippen MR) is 61.6 cm³/mol. The second kappa shape index (κ2) is 4.86. The zero-order chi connectivity index (χ0) is 9.97. The van der Waals surface area contributed by atoms with Crippen LogP contribution in [0.3, 0.4) is 0 Å². The van der Waals surface area contributed by atoms with Crippen LogP contribution in [0.25, 0.3) is 0 Å². The molecule has 14 heavy (non-hydrogen) atoms. The molecule has 2 fully saturated rings. The molecule has 3 unspecified atom stereocenters. The fourth-order valence-corrected chi connectivity index (χ4v) is 4.09. The summed E-state index contributed by atoms with van der Waals surface area (Å²) in [5, 5.41) is 1.65. The van der Waals surface area contributed by atoms with Crippen LogP contribution < -0.4 is 5.73 Å². The minimum atomic E-state index is 0.451. The number of ether oxygens (including phenoxy) is 1. The third-order valence-corrected chi connectivity index (χ3v) is 5.45. The molecule has 2 rings (SSSR count). The Morgan fingerprint density at radius 1 is 1.14 bits per heavy atom. The maximum atomic E-state index is 6.04. The molecular weight excluding hydrogens is 194 g/mol. The second-order valence-corrected chi connectivity index (χ2v) is 6.13. The molecule has 0 spiro atoms. The van der Waals surface area contributed by atoms with Gasteiger partial charge >= 0.3 is 0 Å². The number of hydrogen-bond acceptors (Lipinski definition) is 3. The summed E-state index contributed by atoms with van der Waals surface area (Å²) in [5.41, 5.74) is 6.04. The first-order chi connectivity index (χ1) is 6.77. The SMILES string of the molecule is CC1C(N)CCC1SC1CCOCC1. The molecule has 1 aliphatic carbocycles. The Morgan fingerprint density at radius 3 is 2.43 bits per heavy atom. The lowest BCUT2D eigenvalue weighted by Gasteiger charge is -2.26. The molecule has 0 aromatic rings. The van der Waals surface area contributed by atoms with Gasteiger partial charge in [0.15, 0.2) is 0 Å². The minimum absolute atomic E-state index is 0.451. The summed E-state index contributed by atoms with van der Waals surface area (Å²) >= 11 is 2.18. The van der Waals surface area contributed by atoms with Crippen LogP contribution in [-0.2, 0) is 4.74 Å². The normalized spacial score (nSPS) is 40.3. The molecule has 1 saturated heterocycles. The molecular formula is C11H21NOS. The molecule has 2 aliphatic rings. The minimum Gasteiger partial charge on any atom is -0.381 e. The van der Waals surface area contributed by atoms with Crippen molar-refractivity contribution in [1.82, 2.24) is 0 Å². The summed E-state index contributed by atoms with van der Waals surface area (Å²) in [7, 11) is 0. The van der Waals surface area contributed by atoms with Gasteiger partial charge in [0.25, 0.3) is 0 Å². The van der Waals surface area contributed by atoms with Crippen LogP contribution in [0.15, 0.2) is 0 Å². The van der Waals surface area contributed by atoms with Gasteiger partial charge in [-0.2, -0.15) is 11.8 Å². The molecule has 82 valence electrons. The molecule has 1 heterocycles. The Kier molecular flexibility index (Phi) is 3.74. The lowest BCUT2D eigenvalue weighted by molar-refractivity contribution is 0.0999. The van der Waals surface area contributed by atoms with Crippen molar-refractivity contribution in [3.8, 4) is 0 Å². The van der Waals surface area contributed by atoms with Gasteiger partial charge in [0.1, 0.15) is 0 Å². The van der Waals surface area contributed by atoms with Crippen LogP contribution in [0.2, 0.25) is 0 Å². The van der Waals surface area contributed by atoms with Crippen molar-refractivity contribution in [3.63, 3.8) is 0 Å². The smallest absolute Gasteiger partial charge is 0.0476 e. The molecule has 3 heteroatoms. The number of hydrogen-bond donors (Lipinski definition) is 1. The van der Waals surface area contributed by atoms with Gasteiger partial charge in [0, 0.05) is 29.8 Å². The molecule has 0 bridgehead atoms. The van der Waals surface area contributed by atoms with Gasteiger partial charge in [-0.05, 0) is 31.6 Å². The number of nitrogens with two attached hydrogens (primary N) is 1. The lowest BCUT2D eigenvalue weighted by Crippen LogP contribution is -2.28. The van der Waals surface area contributed by atoms with E-state index in [4.69, 9.17) is 10.5 Å². The van der Waals surface area contributed by atoms with Crippen molar-refractivity contribution in [3.05, 3.63) is 0 Å². The second-order valence-electron chi connectivity index (χ2n) is 4.59. The zero-order valence-electron chi connectivity index (χ0n) is 8.95. The number of thioether (sulfide) groups is 1. The van der Waals surface area contributed by atoms with E-state index in [-0.39, 0.29) is 0 Å². The van der Waals surface area contributed by atoms with Crippen LogP contribution in [-0.4, -0.2) is 29.8 Å². The highest BCUT2D eigenvalue weighted by molar-refractivity contribution is 8.00. The summed E-state index contributed by atoms with van der Waals surface area (Å²) in [6.45, 7) is 4.24. The van der Waals surface area contributed by atoms with Crippen LogP contribution in [0.1, 0.15) is 32.6 Å². The van der Waals surface area contributed by atoms with Gasteiger partial charge in [0.05, 0.1) is 0 Å². The van der Waals surface area contributed by atoms with Crippen molar-refractivity contribution in [2.24, 2.45) is 11.7 Å². The van der Waals surface area contributed by atoms with Gasteiger partial charge in [-0.15, -0.1) is 0 Å². The number of rotatable bonds is 2. The topological polar surface area (TPSA) is 35.2 Å². The first-order valence-corrected chi connectivity index (χ1v) is 6.70. The first kappa shape index (κ1) is 10.8. The Morgan fingerprint density at radius 2 is 1.86 bits per heavy atom. The molecule has 0 aromatic carbocycles. The van der Waals surface area contributed by atoms with E-state index >= 15 is 0 Å². The van der Waals surface area contributed by atoms with Crippen molar-refractivity contribution in [1.29, 1.82) is 0 Å². The molecule has 2 nitrogen and oxygen atoms in total. The Hall–Kier alpha value is 0.270. The van der Waals surface area contributed by atoms with Crippen LogP contribution in [0.5, 0.6) is 0 Å². The van der Waals surface area contributed by atoms with E-state index in [0.29, 0.717) is 12.0 Å². The molecule has 1 aliphatic heterocycles. The maximum absolute atomic E-state index is 6.04. The van der Waals surface area contributed by atoms with E-state index in [1.54, 1.807) is 0 Å². The fourth-order valence-electron chi connectivity index (χ4n) is 2.41. The monoisotopic (exact) mass is 215 g/mol. The molecule has 2 N–H and O–H groups in total. The van der Waals surface area contributed by atoms with Crippen molar-refractivity contribution in [2.45, 2.75) is 49.1 Å². The third kappa shape index (κ3) is 2.44. The van der Waals surface area contributed by atoms with Gasteiger partial charge in [-0.25, -0.2) is 0 Å². The van der Waals surface area contributed by atoms with Crippen LogP contribution in [0, 0.1) is 5.92 Å². The quantitative estimate of drug-likeness (QED) is 0.765. The molecule has 0 amide bonds. The Balaban J connectivity index is 1.79. The molecule has 0 aromatic heterocycles. The Bertz CT molecular complexity index is 182. The van der Waals surface area contributed by atoms with E-state index < -0.39 is 0 Å². The highest BCUT2D eigenvalue weighted by atomic mass is 32.2. The average Bonchev–Trinajstić information content (AvgIpc) is 2.52. The van der Waals surface area contributed by atoms with Gasteiger partial charge < -0.3 is 10.5 Å². The van der Waals surface area contributed by atoms with Gasteiger partial charge in [-0.1, -0.05) is 6.92 Å². The van der Waals surface area contributed by atoms with E-state index in [2.05, 4.69) is 18.7 Å². The van der Waals surface area contributed by atoms with E-state index in [0.717, 1.165) is 23.7 Å². The summed E-state index contributed by atoms with van der Waals surface area (Å²) in [4.78, 5) is 0. The van der Waals surface area contributed by atoms with E-state index in [9.17, 15) is 0 Å². The van der Waals surface area contributed by atoms with Gasteiger partial charge in [0.2, 0.25) is 0 Å². The molecule has 3 atom stereocenters. The van der Waals surface area contributed by atoms with Crippen molar-refractivity contribution < 1.29 is 4.74 Å². The Labute approximate surface area is 91.0 Å². The third-order valence-electron chi connectivity index (χ3n) is 3.58. The largest absolute Gasteiger partial charge is 0.381 e. The standard InChI is InChI=1S/C11H21NOS/c1-8-10(12)2-3-11(8)14-9-4-6-13-7-5-9/h8-11H,2-7,12H2,1H3. The van der Waals surface area contributed by atoms with E-state index in [1.807, 2.05) is 0 Å². The summed E-state index contributed by atoms with van der Waals surface area (Å²) < 4.78 is 5.37. The maximum Gasteiger partial charge on any atom is 0.0476 e. The fraction of sp³-hybridized carbons (Fsp3) is 1.00. The highest BCUT2D eigenvalue weighted by Gasteiger charge is 2.32. The van der Waals surface area contributed by atoms with E-state index in [1.165, 1.54) is 25.7 Å². The first-order valence-electron chi connectivity index (χ1n) is 5.76. The highest BCUT2D eigenvalue weighted by Crippen LogP contribution is 2.38. The summed E-state index contributed by atoms with van der Waals surface area (Å²) in [5.74, 6) is 0.711. The predicted octanol–water partition coefficient (Wildman–Crippen LogP) is 2.02. The van der Waals surface area contributed by atoms with Gasteiger partial charge in [-0.3, -0.25) is 0 Å². The summed E-state index contributed by atoms with van der Waals surface area (Å²) in [6, 6.07) is 0.451. The van der Waals surface area contributed by atoms with Crippen molar-refractivity contribution in [2.75, 3.05) is 13.2 Å². The van der Waals surface area contributed by atoms with Crippen molar-refractivity contribution >= 4 is 11.8 Å². The summed E-state index contributed by atoms with van der Waals surface area (Å²) in [6.07, 6.45) is 5.03. The zero-order valence-corrected chi connectivity index (χ0v) is 9.76. The van der Waals surface area contributed by atoms with Crippen LogP contribution >= 0.6 is 11.8 Å². The van der Waals surface area contributed by atoms with Crippen LogP contribution in [0.4, 0.5) is 0 Å². The molecule has 1 saturated carbocycles. The molecule has 0 radical (unpaired) electrons.